The van der Waals surface area contributed by atoms with Crippen molar-refractivity contribution < 1.29 is 28.2 Å². The van der Waals surface area contributed by atoms with Gasteiger partial charge in [0.1, 0.15) is 23.7 Å². The van der Waals surface area contributed by atoms with Crippen molar-refractivity contribution in [1.82, 2.24) is 0 Å². The van der Waals surface area contributed by atoms with E-state index in [0.717, 1.165) is 18.2 Å². The van der Waals surface area contributed by atoms with Crippen LogP contribution in [0.1, 0.15) is 15.9 Å². The maximum Gasteiger partial charge on any atom is 0.339 e. The summed E-state index contributed by atoms with van der Waals surface area (Å²) < 4.78 is 36.5. The Morgan fingerprint density at radius 3 is 2.57 bits per heavy atom. The Hall–Kier alpha value is -2.63. The minimum Gasteiger partial charge on any atom is -0.496 e. The van der Waals surface area contributed by atoms with Crippen LogP contribution in [0, 0.1) is 11.6 Å². The molecule has 2 rings (SSSR count). The molecule has 0 radical (unpaired) electrons. The van der Waals surface area contributed by atoms with E-state index in [0.29, 0.717) is 5.56 Å². The molecule has 0 fully saturated rings. The third-order valence-corrected chi connectivity index (χ3v) is 2.78. The first-order valence-corrected chi connectivity index (χ1v) is 5.99. The fourth-order valence-corrected chi connectivity index (χ4v) is 1.76. The number of hydrogen-bond acceptors (Lipinski definition) is 3. The second-order valence-corrected chi connectivity index (χ2v) is 4.20. The van der Waals surface area contributed by atoms with Gasteiger partial charge in [-0.2, -0.15) is 0 Å². The largest absolute Gasteiger partial charge is 0.496 e. The summed E-state index contributed by atoms with van der Waals surface area (Å²) in [6, 6.07) is 7.29. The molecule has 110 valence electrons. The average Bonchev–Trinajstić information content (AvgIpc) is 2.47. The van der Waals surface area contributed by atoms with E-state index < -0.39 is 17.6 Å². The molecule has 0 saturated carbocycles. The third-order valence-electron chi connectivity index (χ3n) is 2.78. The van der Waals surface area contributed by atoms with Gasteiger partial charge >= 0.3 is 5.97 Å². The van der Waals surface area contributed by atoms with E-state index in [-0.39, 0.29) is 23.7 Å². The van der Waals surface area contributed by atoms with Gasteiger partial charge < -0.3 is 14.6 Å². The van der Waals surface area contributed by atoms with E-state index in [1.807, 2.05) is 0 Å². The SMILES string of the molecule is COc1ccc(COc2cc(F)ccc2F)cc1C(=O)O. The minimum atomic E-state index is -1.15. The summed E-state index contributed by atoms with van der Waals surface area (Å²) in [6.07, 6.45) is 0. The van der Waals surface area contributed by atoms with Crippen LogP contribution >= 0.6 is 0 Å². The van der Waals surface area contributed by atoms with Gasteiger partial charge in [0.2, 0.25) is 0 Å². The molecule has 0 heterocycles. The Bertz CT molecular complexity index is 671. The number of rotatable bonds is 5. The van der Waals surface area contributed by atoms with Gasteiger partial charge in [-0.05, 0) is 29.8 Å². The van der Waals surface area contributed by atoms with E-state index in [1.54, 1.807) is 6.07 Å². The third kappa shape index (κ3) is 3.47. The van der Waals surface area contributed by atoms with Crippen LogP contribution in [-0.4, -0.2) is 18.2 Å². The van der Waals surface area contributed by atoms with Crippen LogP contribution in [0.2, 0.25) is 0 Å². The first-order valence-electron chi connectivity index (χ1n) is 5.99. The molecule has 0 unspecified atom stereocenters. The van der Waals surface area contributed by atoms with Crippen molar-refractivity contribution >= 4 is 5.97 Å². The number of benzene rings is 2. The maximum atomic E-state index is 13.4. The quantitative estimate of drug-likeness (QED) is 0.919. The van der Waals surface area contributed by atoms with Gasteiger partial charge in [0.05, 0.1) is 7.11 Å². The van der Waals surface area contributed by atoms with Crippen molar-refractivity contribution in [3.05, 3.63) is 59.2 Å². The van der Waals surface area contributed by atoms with E-state index in [9.17, 15) is 13.6 Å². The zero-order valence-corrected chi connectivity index (χ0v) is 11.1. The lowest BCUT2D eigenvalue weighted by atomic mass is 10.1. The van der Waals surface area contributed by atoms with Gasteiger partial charge in [-0.1, -0.05) is 6.07 Å². The Morgan fingerprint density at radius 1 is 1.14 bits per heavy atom. The van der Waals surface area contributed by atoms with Gasteiger partial charge in [-0.25, -0.2) is 13.6 Å². The molecule has 0 spiro atoms. The molecule has 2 aromatic rings. The molecule has 0 aliphatic carbocycles. The average molecular weight is 294 g/mol. The summed E-state index contributed by atoms with van der Waals surface area (Å²) in [4.78, 5) is 11.1. The smallest absolute Gasteiger partial charge is 0.339 e. The van der Waals surface area contributed by atoms with Crippen molar-refractivity contribution in [2.45, 2.75) is 6.61 Å². The molecule has 0 saturated heterocycles. The summed E-state index contributed by atoms with van der Waals surface area (Å²) in [5.41, 5.74) is 0.468. The van der Waals surface area contributed by atoms with E-state index in [4.69, 9.17) is 14.6 Å². The highest BCUT2D eigenvalue weighted by atomic mass is 19.1. The molecule has 4 nitrogen and oxygen atoms in total. The van der Waals surface area contributed by atoms with Crippen molar-refractivity contribution in [2.24, 2.45) is 0 Å². The second kappa shape index (κ2) is 6.21. The Balaban J connectivity index is 2.18. The van der Waals surface area contributed by atoms with Gasteiger partial charge in [-0.15, -0.1) is 0 Å². The number of aromatic carboxylic acids is 1. The number of carboxylic acid groups (broad SMARTS) is 1. The molecule has 21 heavy (non-hydrogen) atoms. The van der Waals surface area contributed by atoms with Crippen LogP contribution in [0.4, 0.5) is 8.78 Å². The van der Waals surface area contributed by atoms with Crippen LogP contribution in [0.5, 0.6) is 11.5 Å². The van der Waals surface area contributed by atoms with Crippen LogP contribution < -0.4 is 9.47 Å². The zero-order chi connectivity index (χ0) is 15.4. The lowest BCUT2D eigenvalue weighted by Gasteiger charge is -2.10. The second-order valence-electron chi connectivity index (χ2n) is 4.20. The molecule has 0 bridgehead atoms. The topological polar surface area (TPSA) is 55.8 Å². The molecule has 1 N–H and O–H groups in total. The van der Waals surface area contributed by atoms with Gasteiger partial charge in [-0.3, -0.25) is 0 Å². The molecule has 2 aromatic carbocycles. The molecule has 0 atom stereocenters. The van der Waals surface area contributed by atoms with Crippen LogP contribution in [0.3, 0.4) is 0 Å². The summed E-state index contributed by atoms with van der Waals surface area (Å²) >= 11 is 0. The summed E-state index contributed by atoms with van der Waals surface area (Å²) in [6.45, 7) is -0.0926. The fourth-order valence-electron chi connectivity index (χ4n) is 1.76. The molecule has 0 amide bonds. The number of methoxy groups -OCH3 is 1. The molecule has 6 heteroatoms. The van der Waals surface area contributed by atoms with Crippen LogP contribution in [0.25, 0.3) is 0 Å². The fraction of sp³-hybridized carbons (Fsp3) is 0.133. The maximum absolute atomic E-state index is 13.4. The number of ether oxygens (including phenoxy) is 2. The van der Waals surface area contributed by atoms with Crippen molar-refractivity contribution in [2.75, 3.05) is 7.11 Å². The predicted octanol–water partition coefficient (Wildman–Crippen LogP) is 3.25. The van der Waals surface area contributed by atoms with Crippen molar-refractivity contribution in [3.8, 4) is 11.5 Å². The van der Waals surface area contributed by atoms with Crippen LogP contribution in [0.15, 0.2) is 36.4 Å². The van der Waals surface area contributed by atoms with Crippen molar-refractivity contribution in [3.63, 3.8) is 0 Å². The summed E-state index contributed by atoms with van der Waals surface area (Å²) in [5, 5.41) is 9.06. The van der Waals surface area contributed by atoms with E-state index in [1.165, 1.54) is 19.2 Å². The first kappa shape index (κ1) is 14.8. The number of carboxylic acids is 1. The highest BCUT2D eigenvalue weighted by Crippen LogP contribution is 2.23. The molecule has 0 aromatic heterocycles. The highest BCUT2D eigenvalue weighted by molar-refractivity contribution is 5.91. The Morgan fingerprint density at radius 2 is 1.90 bits per heavy atom. The van der Waals surface area contributed by atoms with E-state index in [2.05, 4.69) is 0 Å². The molecular weight excluding hydrogens is 282 g/mol. The van der Waals surface area contributed by atoms with Gasteiger partial charge in [0, 0.05) is 6.07 Å². The standard InChI is InChI=1S/C15H12F2O4/c1-20-13-5-2-9(6-11(13)15(18)19)8-21-14-7-10(16)3-4-12(14)17/h2-7H,8H2,1H3,(H,18,19). The lowest BCUT2D eigenvalue weighted by Crippen LogP contribution is -2.04. The minimum absolute atomic E-state index is 0.0293. The van der Waals surface area contributed by atoms with Gasteiger partial charge in [0.15, 0.2) is 11.6 Å². The highest BCUT2D eigenvalue weighted by Gasteiger charge is 2.12. The molecule has 0 aliphatic heterocycles. The molecule has 0 aliphatic rings. The summed E-state index contributed by atoms with van der Waals surface area (Å²) in [5.74, 6) is -2.48. The predicted molar refractivity (Wildman–Crippen MR) is 70.6 cm³/mol. The normalized spacial score (nSPS) is 10.2. The Kier molecular flexibility index (Phi) is 4.37. The zero-order valence-electron chi connectivity index (χ0n) is 11.1. The number of carbonyl (C=O) groups is 1. The molecular formula is C15H12F2O4. The Labute approximate surface area is 119 Å². The number of hydrogen-bond donors (Lipinski definition) is 1. The lowest BCUT2D eigenvalue weighted by molar-refractivity contribution is 0.0693. The summed E-state index contributed by atoms with van der Waals surface area (Å²) in [7, 11) is 1.36. The van der Waals surface area contributed by atoms with Gasteiger partial charge in [0.25, 0.3) is 0 Å². The van der Waals surface area contributed by atoms with Crippen molar-refractivity contribution in [1.29, 1.82) is 0 Å². The van der Waals surface area contributed by atoms with Crippen LogP contribution in [-0.2, 0) is 6.61 Å². The van der Waals surface area contributed by atoms with E-state index >= 15 is 0 Å². The monoisotopic (exact) mass is 294 g/mol. The number of halogens is 2. The first-order chi connectivity index (χ1) is 10.0.